The van der Waals surface area contributed by atoms with Crippen molar-refractivity contribution in [3.05, 3.63) is 33.7 Å². The van der Waals surface area contributed by atoms with Crippen LogP contribution in [0.15, 0.2) is 21.3 Å². The summed E-state index contributed by atoms with van der Waals surface area (Å²) in [5.74, 6) is 1.22. The van der Waals surface area contributed by atoms with Crippen molar-refractivity contribution in [2.45, 2.75) is 39.8 Å². The van der Waals surface area contributed by atoms with Crippen LogP contribution < -0.4 is 15.1 Å². The molecule has 29 heavy (non-hydrogen) atoms. The molecule has 2 aromatic rings. The van der Waals surface area contributed by atoms with Gasteiger partial charge in [0.1, 0.15) is 5.58 Å². The first kappa shape index (κ1) is 25.6. The number of hydrogen-bond acceptors (Lipinski definition) is 6. The lowest BCUT2D eigenvalue weighted by molar-refractivity contribution is 0.149. The molecule has 1 aliphatic rings. The molecule has 164 valence electrons. The smallest absolute Gasteiger partial charge is 0.341 e. The van der Waals surface area contributed by atoms with Gasteiger partial charge in [-0.05, 0) is 38.1 Å². The van der Waals surface area contributed by atoms with E-state index in [1.807, 2.05) is 6.07 Å². The second-order valence-electron chi connectivity index (χ2n) is 7.11. The number of ether oxygens (including phenoxy) is 2. The van der Waals surface area contributed by atoms with Crippen molar-refractivity contribution in [1.29, 1.82) is 0 Å². The summed E-state index contributed by atoms with van der Waals surface area (Å²) in [5.41, 5.74) is 2.16. The predicted octanol–water partition coefficient (Wildman–Crippen LogP) is 3.74. The molecule has 0 aliphatic carbocycles. The topological polar surface area (TPSA) is 55.2 Å². The lowest BCUT2D eigenvalue weighted by atomic mass is 9.97. The Labute approximate surface area is 185 Å². The van der Waals surface area contributed by atoms with Gasteiger partial charge in [0.05, 0.1) is 19.8 Å². The normalized spacial score (nSPS) is 14.7. The van der Waals surface area contributed by atoms with Gasteiger partial charge in [0, 0.05) is 37.1 Å². The fraction of sp³-hybridized carbons (Fsp3) is 0.571. The number of fused-ring (bicyclic) bond motifs is 3. The second-order valence-corrected chi connectivity index (χ2v) is 7.11. The Morgan fingerprint density at radius 3 is 2.31 bits per heavy atom. The molecular weight excluding hydrogens is 415 g/mol. The van der Waals surface area contributed by atoms with E-state index in [9.17, 15) is 4.79 Å². The molecule has 0 saturated heterocycles. The summed E-state index contributed by atoms with van der Waals surface area (Å²) in [4.78, 5) is 17.4. The van der Waals surface area contributed by atoms with E-state index in [4.69, 9.17) is 13.9 Å². The lowest BCUT2D eigenvalue weighted by Crippen LogP contribution is -2.44. The molecule has 0 saturated carbocycles. The molecule has 1 unspecified atom stereocenters. The number of hydrogen-bond donors (Lipinski definition) is 0. The molecule has 6 nitrogen and oxygen atoms in total. The molecular formula is C21H32Cl2N2O4. The average Bonchev–Trinajstić information content (AvgIpc) is 2.68. The van der Waals surface area contributed by atoms with E-state index >= 15 is 0 Å². The minimum absolute atomic E-state index is 0. The first-order valence-corrected chi connectivity index (χ1v) is 9.69. The Balaban J connectivity index is 0.00000210. The van der Waals surface area contributed by atoms with Crippen LogP contribution >= 0.6 is 24.8 Å². The largest absolute Gasteiger partial charge is 0.493 e. The van der Waals surface area contributed by atoms with Crippen molar-refractivity contribution in [2.24, 2.45) is 0 Å². The van der Waals surface area contributed by atoms with Gasteiger partial charge in [-0.25, -0.2) is 4.79 Å². The molecule has 1 aromatic heterocycles. The highest BCUT2D eigenvalue weighted by Gasteiger charge is 2.25. The summed E-state index contributed by atoms with van der Waals surface area (Å²) in [6.45, 7) is 11.2. The molecule has 1 aromatic carbocycles. The van der Waals surface area contributed by atoms with Crippen molar-refractivity contribution < 1.29 is 13.9 Å². The van der Waals surface area contributed by atoms with Crippen LogP contribution in [0.2, 0.25) is 0 Å². The van der Waals surface area contributed by atoms with E-state index in [2.05, 4.69) is 30.6 Å². The summed E-state index contributed by atoms with van der Waals surface area (Å²) in [7, 11) is 3.20. The number of likely N-dealkylation sites (N-methyl/N-ethyl adjacent to an activating group) is 1. The van der Waals surface area contributed by atoms with Gasteiger partial charge in [-0.1, -0.05) is 13.8 Å². The molecule has 0 radical (unpaired) electrons. The van der Waals surface area contributed by atoms with Crippen LogP contribution in [0.1, 0.15) is 31.9 Å². The molecule has 0 fully saturated rings. The van der Waals surface area contributed by atoms with Gasteiger partial charge in [-0.2, -0.15) is 0 Å². The number of rotatable bonds is 7. The van der Waals surface area contributed by atoms with Gasteiger partial charge >= 0.3 is 5.63 Å². The van der Waals surface area contributed by atoms with E-state index in [0.29, 0.717) is 29.7 Å². The summed E-state index contributed by atoms with van der Waals surface area (Å²) >= 11 is 0. The van der Waals surface area contributed by atoms with Crippen LogP contribution in [0.25, 0.3) is 11.0 Å². The zero-order chi connectivity index (χ0) is 19.6. The highest BCUT2D eigenvalue weighted by atomic mass is 35.5. The Morgan fingerprint density at radius 1 is 1.10 bits per heavy atom. The third kappa shape index (κ3) is 5.18. The summed E-state index contributed by atoms with van der Waals surface area (Å²) in [6.07, 6.45) is 0.831. The van der Waals surface area contributed by atoms with Crippen molar-refractivity contribution in [3.8, 4) is 11.5 Å². The maximum Gasteiger partial charge on any atom is 0.341 e. The Kier molecular flexibility index (Phi) is 9.76. The lowest BCUT2D eigenvalue weighted by Gasteiger charge is -2.34. The molecule has 0 spiro atoms. The van der Waals surface area contributed by atoms with Gasteiger partial charge in [0.25, 0.3) is 0 Å². The van der Waals surface area contributed by atoms with Crippen LogP contribution in [-0.4, -0.2) is 56.2 Å². The molecule has 1 aliphatic heterocycles. The van der Waals surface area contributed by atoms with Crippen molar-refractivity contribution in [3.63, 3.8) is 0 Å². The molecule has 0 bridgehead atoms. The van der Waals surface area contributed by atoms with Gasteiger partial charge in [-0.15, -0.1) is 24.8 Å². The molecule has 3 rings (SSSR count). The SMILES string of the molecule is CCN(CC)C(C)CN1CCc2c(c(=O)oc3cc(OC)c(OC)cc23)C1.Cl.Cl. The molecule has 1 atom stereocenters. The van der Waals surface area contributed by atoms with Gasteiger partial charge < -0.3 is 13.9 Å². The van der Waals surface area contributed by atoms with Crippen molar-refractivity contribution in [1.82, 2.24) is 9.80 Å². The Bertz CT molecular complexity index is 868. The number of benzene rings is 1. The minimum Gasteiger partial charge on any atom is -0.493 e. The van der Waals surface area contributed by atoms with E-state index < -0.39 is 0 Å². The van der Waals surface area contributed by atoms with Crippen molar-refractivity contribution >= 4 is 35.8 Å². The predicted molar refractivity (Wildman–Crippen MR) is 121 cm³/mol. The molecule has 0 N–H and O–H groups in total. The van der Waals surface area contributed by atoms with Crippen LogP contribution in [0.3, 0.4) is 0 Å². The highest BCUT2D eigenvalue weighted by Crippen LogP contribution is 2.35. The van der Waals surface area contributed by atoms with E-state index in [1.165, 1.54) is 0 Å². The monoisotopic (exact) mass is 446 g/mol. The zero-order valence-corrected chi connectivity index (χ0v) is 19.5. The quantitative estimate of drug-likeness (QED) is 0.603. The Morgan fingerprint density at radius 2 is 1.72 bits per heavy atom. The van der Waals surface area contributed by atoms with Crippen LogP contribution in [-0.2, 0) is 13.0 Å². The van der Waals surface area contributed by atoms with Gasteiger partial charge in [-0.3, -0.25) is 9.80 Å². The summed E-state index contributed by atoms with van der Waals surface area (Å²) in [5, 5.41) is 0.943. The van der Waals surface area contributed by atoms with E-state index in [0.717, 1.165) is 49.1 Å². The number of halogens is 2. The number of nitrogens with zero attached hydrogens (tertiary/aromatic N) is 2. The third-order valence-electron chi connectivity index (χ3n) is 5.64. The van der Waals surface area contributed by atoms with Gasteiger partial charge in [0.2, 0.25) is 0 Å². The third-order valence-corrected chi connectivity index (χ3v) is 5.64. The average molecular weight is 447 g/mol. The zero-order valence-electron chi connectivity index (χ0n) is 17.8. The van der Waals surface area contributed by atoms with Crippen LogP contribution in [0.5, 0.6) is 11.5 Å². The van der Waals surface area contributed by atoms with Gasteiger partial charge in [0.15, 0.2) is 11.5 Å². The highest BCUT2D eigenvalue weighted by molar-refractivity contribution is 5.86. The van der Waals surface area contributed by atoms with Crippen LogP contribution in [0.4, 0.5) is 0 Å². The molecule has 8 heteroatoms. The number of methoxy groups -OCH3 is 2. The maximum absolute atomic E-state index is 12.6. The summed E-state index contributed by atoms with van der Waals surface area (Å²) < 4.78 is 16.4. The maximum atomic E-state index is 12.6. The second kappa shape index (κ2) is 11.1. The van der Waals surface area contributed by atoms with E-state index in [1.54, 1.807) is 20.3 Å². The molecule has 0 amide bonds. The fourth-order valence-corrected chi connectivity index (χ4v) is 4.14. The standard InChI is InChI=1S/C21H30N2O4.2ClH/c1-6-23(7-2)14(3)12-22-9-8-15-16-10-19(25-4)20(26-5)11-18(16)27-21(24)17(15)13-22;;/h10-11,14H,6-9,12-13H2,1-5H3;2*1H. The first-order valence-electron chi connectivity index (χ1n) is 9.69. The minimum atomic E-state index is -0.245. The summed E-state index contributed by atoms with van der Waals surface area (Å²) in [6, 6.07) is 4.12. The first-order chi connectivity index (χ1) is 13.0. The Hall–Kier alpha value is -1.47. The van der Waals surface area contributed by atoms with Crippen molar-refractivity contribution in [2.75, 3.05) is 40.4 Å². The van der Waals surface area contributed by atoms with E-state index in [-0.39, 0.29) is 30.4 Å². The molecule has 2 heterocycles. The van der Waals surface area contributed by atoms with Crippen LogP contribution in [0, 0.1) is 0 Å². The fourth-order valence-electron chi connectivity index (χ4n) is 4.14.